The molecule has 2 aliphatic rings. The lowest BCUT2D eigenvalue weighted by molar-refractivity contribution is 0.0691. The summed E-state index contributed by atoms with van der Waals surface area (Å²) in [6.07, 6.45) is 7.05. The van der Waals surface area contributed by atoms with Crippen molar-refractivity contribution in [2.24, 2.45) is 5.92 Å². The fraction of sp³-hybridized carbons (Fsp3) is 0.556. The van der Waals surface area contributed by atoms with Crippen molar-refractivity contribution in [3.8, 4) is 0 Å². The summed E-state index contributed by atoms with van der Waals surface area (Å²) in [5, 5.41) is 17.2. The Balaban J connectivity index is 1.74. The molecule has 7 heteroatoms. The van der Waals surface area contributed by atoms with Crippen molar-refractivity contribution in [1.82, 2.24) is 20.0 Å². The van der Waals surface area contributed by atoms with Crippen LogP contribution in [0.4, 0.5) is 0 Å². The maximum Gasteiger partial charge on any atom is 0.339 e. The second-order valence-electron chi connectivity index (χ2n) is 6.92. The minimum atomic E-state index is -0.979. The summed E-state index contributed by atoms with van der Waals surface area (Å²) < 4.78 is 6.72. The van der Waals surface area contributed by atoms with E-state index in [9.17, 15) is 9.90 Å². The van der Waals surface area contributed by atoms with Crippen molar-refractivity contribution in [2.45, 2.75) is 39.5 Å². The van der Waals surface area contributed by atoms with E-state index in [-0.39, 0.29) is 18.2 Å². The van der Waals surface area contributed by atoms with Crippen LogP contribution in [0.25, 0.3) is 0 Å². The van der Waals surface area contributed by atoms with E-state index in [0.29, 0.717) is 12.2 Å². The third kappa shape index (κ3) is 3.87. The first-order chi connectivity index (χ1) is 12.0. The molecule has 2 unspecified atom stereocenters. The van der Waals surface area contributed by atoms with Crippen LogP contribution in [0.15, 0.2) is 29.7 Å². The Hall–Kier alpha value is -2.28. The number of methoxy groups -OCH3 is 1. The second kappa shape index (κ2) is 7.31. The van der Waals surface area contributed by atoms with Crippen molar-refractivity contribution in [2.75, 3.05) is 20.2 Å². The summed E-state index contributed by atoms with van der Waals surface area (Å²) in [6.45, 7) is 7.34. The molecule has 1 saturated heterocycles. The standard InChI is InChI=1S/C18H26N4O3/c1-12-6-7-21(8-12)17-5-4-14(13(2)19-17)9-22-10-15(18(23)24)16(20-22)11-25-3/h4-5,10,12-13,19H,6-9,11H2,1-3H3,(H,23,24). The molecule has 3 rings (SSSR count). The highest BCUT2D eigenvalue weighted by atomic mass is 16.5. The summed E-state index contributed by atoms with van der Waals surface area (Å²) in [5.74, 6) is 0.931. The van der Waals surface area contributed by atoms with Gasteiger partial charge in [-0.05, 0) is 30.9 Å². The van der Waals surface area contributed by atoms with E-state index in [0.717, 1.165) is 19.0 Å². The van der Waals surface area contributed by atoms with E-state index in [1.807, 2.05) is 0 Å². The van der Waals surface area contributed by atoms with Crippen LogP contribution in [-0.2, 0) is 17.9 Å². The molecular weight excluding hydrogens is 320 g/mol. The van der Waals surface area contributed by atoms with Gasteiger partial charge in [0.2, 0.25) is 0 Å². The van der Waals surface area contributed by atoms with Gasteiger partial charge < -0.3 is 20.1 Å². The Bertz CT molecular complexity index is 707. The minimum Gasteiger partial charge on any atom is -0.478 e. The topological polar surface area (TPSA) is 79.6 Å². The molecule has 136 valence electrons. The van der Waals surface area contributed by atoms with Crippen molar-refractivity contribution < 1.29 is 14.6 Å². The molecule has 2 N–H and O–H groups in total. The normalized spacial score (nSPS) is 23.2. The number of hydrogen-bond acceptors (Lipinski definition) is 5. The van der Waals surface area contributed by atoms with Crippen molar-refractivity contribution >= 4 is 5.97 Å². The second-order valence-corrected chi connectivity index (χ2v) is 6.92. The lowest BCUT2D eigenvalue weighted by Gasteiger charge is -2.30. The molecule has 0 spiro atoms. The number of likely N-dealkylation sites (tertiary alicyclic amines) is 1. The number of hydrogen-bond donors (Lipinski definition) is 2. The first-order valence-electron chi connectivity index (χ1n) is 8.68. The lowest BCUT2D eigenvalue weighted by atomic mass is 10.1. The maximum atomic E-state index is 11.3. The number of carboxylic acid groups (broad SMARTS) is 1. The average molecular weight is 346 g/mol. The van der Waals surface area contributed by atoms with Gasteiger partial charge in [0.15, 0.2) is 0 Å². The highest BCUT2D eigenvalue weighted by molar-refractivity contribution is 5.88. The van der Waals surface area contributed by atoms with Crippen LogP contribution in [0.2, 0.25) is 0 Å². The zero-order valence-electron chi connectivity index (χ0n) is 15.0. The van der Waals surface area contributed by atoms with Crippen LogP contribution in [0, 0.1) is 5.92 Å². The summed E-state index contributed by atoms with van der Waals surface area (Å²) in [4.78, 5) is 13.7. The van der Waals surface area contributed by atoms with Crippen molar-refractivity contribution in [1.29, 1.82) is 0 Å². The predicted molar refractivity (Wildman–Crippen MR) is 94.0 cm³/mol. The summed E-state index contributed by atoms with van der Waals surface area (Å²) in [5.41, 5.74) is 1.81. The van der Waals surface area contributed by atoms with Gasteiger partial charge in [-0.1, -0.05) is 13.0 Å². The Morgan fingerprint density at radius 2 is 2.24 bits per heavy atom. The molecule has 0 bridgehead atoms. The van der Waals surface area contributed by atoms with E-state index in [2.05, 4.69) is 41.3 Å². The molecule has 1 aromatic rings. The summed E-state index contributed by atoms with van der Waals surface area (Å²) in [7, 11) is 1.53. The molecule has 1 aromatic heterocycles. The number of carboxylic acids is 1. The quantitative estimate of drug-likeness (QED) is 0.818. The lowest BCUT2D eigenvalue weighted by Crippen LogP contribution is -2.39. The van der Waals surface area contributed by atoms with Crippen LogP contribution in [0.3, 0.4) is 0 Å². The fourth-order valence-electron chi connectivity index (χ4n) is 3.38. The van der Waals surface area contributed by atoms with E-state index in [1.54, 1.807) is 10.9 Å². The number of aromatic carboxylic acids is 1. The van der Waals surface area contributed by atoms with Gasteiger partial charge in [0.1, 0.15) is 17.1 Å². The number of carbonyl (C=O) groups is 1. The van der Waals surface area contributed by atoms with Crippen LogP contribution in [0.1, 0.15) is 36.3 Å². The SMILES string of the molecule is COCc1nn(CC2=CC=C(N3CCC(C)C3)NC2C)cc1C(=O)O. The molecule has 25 heavy (non-hydrogen) atoms. The van der Waals surface area contributed by atoms with E-state index in [4.69, 9.17) is 4.74 Å². The highest BCUT2D eigenvalue weighted by Crippen LogP contribution is 2.22. The third-order valence-corrected chi connectivity index (χ3v) is 4.83. The van der Waals surface area contributed by atoms with Crippen molar-refractivity contribution in [3.05, 3.63) is 41.0 Å². The van der Waals surface area contributed by atoms with E-state index in [1.165, 1.54) is 24.9 Å². The Labute approximate surface area is 148 Å². The zero-order chi connectivity index (χ0) is 18.0. The average Bonchev–Trinajstić information content (AvgIpc) is 3.16. The molecule has 0 aromatic carbocycles. The zero-order valence-corrected chi connectivity index (χ0v) is 15.0. The van der Waals surface area contributed by atoms with Crippen LogP contribution in [-0.4, -0.2) is 52.0 Å². The predicted octanol–water partition coefficient (Wildman–Crippen LogP) is 1.83. The van der Waals surface area contributed by atoms with Gasteiger partial charge in [-0.3, -0.25) is 4.68 Å². The molecule has 0 saturated carbocycles. The Morgan fingerprint density at radius 3 is 2.84 bits per heavy atom. The minimum absolute atomic E-state index is 0.180. The smallest absolute Gasteiger partial charge is 0.339 e. The number of ether oxygens (including phenoxy) is 1. The first kappa shape index (κ1) is 17.5. The molecule has 2 aliphatic heterocycles. The third-order valence-electron chi connectivity index (χ3n) is 4.83. The van der Waals surface area contributed by atoms with E-state index >= 15 is 0 Å². The van der Waals surface area contributed by atoms with Crippen LogP contribution < -0.4 is 5.32 Å². The molecule has 3 heterocycles. The van der Waals surface area contributed by atoms with Gasteiger partial charge in [0.25, 0.3) is 0 Å². The Morgan fingerprint density at radius 1 is 1.44 bits per heavy atom. The molecule has 0 amide bonds. The van der Waals surface area contributed by atoms with Crippen molar-refractivity contribution in [3.63, 3.8) is 0 Å². The fourth-order valence-corrected chi connectivity index (χ4v) is 3.38. The number of nitrogens with zero attached hydrogens (tertiary/aromatic N) is 3. The number of rotatable bonds is 6. The number of dihydropyridines is 1. The monoisotopic (exact) mass is 346 g/mol. The molecule has 7 nitrogen and oxygen atoms in total. The van der Waals surface area contributed by atoms with Gasteiger partial charge in [-0.15, -0.1) is 0 Å². The number of nitrogens with one attached hydrogen (secondary N) is 1. The van der Waals surface area contributed by atoms with Crippen LogP contribution >= 0.6 is 0 Å². The van der Waals surface area contributed by atoms with Gasteiger partial charge in [0.05, 0.1) is 13.2 Å². The summed E-state index contributed by atoms with van der Waals surface area (Å²) in [6, 6.07) is 0.180. The highest BCUT2D eigenvalue weighted by Gasteiger charge is 2.24. The maximum absolute atomic E-state index is 11.3. The van der Waals surface area contributed by atoms with Crippen LogP contribution in [0.5, 0.6) is 0 Å². The van der Waals surface area contributed by atoms with Gasteiger partial charge >= 0.3 is 5.97 Å². The number of allylic oxidation sites excluding steroid dienone is 2. The summed E-state index contributed by atoms with van der Waals surface area (Å²) >= 11 is 0. The van der Waals surface area contributed by atoms with Gasteiger partial charge in [-0.2, -0.15) is 5.10 Å². The van der Waals surface area contributed by atoms with Gasteiger partial charge in [-0.25, -0.2) is 4.79 Å². The molecule has 1 fully saturated rings. The molecular formula is C18H26N4O3. The van der Waals surface area contributed by atoms with Gasteiger partial charge in [0, 0.05) is 32.4 Å². The Kier molecular flexibility index (Phi) is 5.13. The molecule has 0 radical (unpaired) electrons. The molecule has 2 atom stereocenters. The largest absolute Gasteiger partial charge is 0.478 e. The number of aromatic nitrogens is 2. The molecule has 0 aliphatic carbocycles. The van der Waals surface area contributed by atoms with E-state index < -0.39 is 5.97 Å². The first-order valence-corrected chi connectivity index (χ1v) is 8.68.